The van der Waals surface area contributed by atoms with E-state index in [2.05, 4.69) is 14.9 Å². The first-order chi connectivity index (χ1) is 8.11. The van der Waals surface area contributed by atoms with E-state index in [4.69, 9.17) is 11.8 Å². The van der Waals surface area contributed by atoms with Crippen LogP contribution in [0.1, 0.15) is 17.2 Å². The van der Waals surface area contributed by atoms with E-state index in [9.17, 15) is 4.39 Å². The second-order valence-electron chi connectivity index (χ2n) is 3.70. The van der Waals surface area contributed by atoms with Gasteiger partial charge in [-0.2, -0.15) is 5.10 Å². The van der Waals surface area contributed by atoms with Crippen molar-refractivity contribution in [1.29, 1.82) is 0 Å². The van der Waals surface area contributed by atoms with Gasteiger partial charge in [0.25, 0.3) is 0 Å². The summed E-state index contributed by atoms with van der Waals surface area (Å²) in [5, 5.41) is 4.23. The lowest BCUT2D eigenvalue weighted by molar-refractivity contribution is 0.623. The van der Waals surface area contributed by atoms with E-state index in [0.717, 1.165) is 5.56 Å². The quantitative estimate of drug-likeness (QED) is 0.884. The maximum absolute atomic E-state index is 13.3. The topological polar surface area (TPSA) is 42.7 Å². The van der Waals surface area contributed by atoms with Crippen LogP contribution in [0.3, 0.4) is 0 Å². The highest BCUT2D eigenvalue weighted by Gasteiger charge is 2.10. The molecule has 2 rings (SSSR count). The van der Waals surface area contributed by atoms with Crippen molar-refractivity contribution in [2.45, 2.75) is 20.4 Å². The van der Waals surface area contributed by atoms with Crippen molar-refractivity contribution in [3.63, 3.8) is 0 Å². The molecule has 0 radical (unpaired) electrons. The maximum Gasteiger partial charge on any atom is 0.148 e. The smallest absolute Gasteiger partial charge is 0.148 e. The molecular formula is C11H13Cl2FN4. The molecule has 1 aromatic heterocycles. The van der Waals surface area contributed by atoms with E-state index in [1.54, 1.807) is 17.7 Å². The van der Waals surface area contributed by atoms with Gasteiger partial charge >= 0.3 is 0 Å². The van der Waals surface area contributed by atoms with Gasteiger partial charge in [0, 0.05) is 6.54 Å². The highest BCUT2D eigenvalue weighted by atomic mass is 35.5. The van der Waals surface area contributed by atoms with Gasteiger partial charge in [-0.3, -0.25) is 0 Å². The first-order valence-electron chi connectivity index (χ1n) is 5.14. The van der Waals surface area contributed by atoms with Gasteiger partial charge in [0.05, 0.1) is 5.69 Å². The molecule has 0 aliphatic carbocycles. The van der Waals surface area contributed by atoms with Crippen LogP contribution in [0.5, 0.6) is 0 Å². The third-order valence-electron chi connectivity index (χ3n) is 2.41. The Balaban J connectivity index is 0.00000162. The standard InChI is InChI=1S/C11H12ClFN4.ClH/c1-7-15-8(2)17(16-7)11-5-10(13)4-3-9(11)6-14-12;/h3-5,14H,6H2,1-2H3;1H. The largest absolute Gasteiger partial charge is 0.229 e. The summed E-state index contributed by atoms with van der Waals surface area (Å²) in [4.78, 5) is 6.72. The van der Waals surface area contributed by atoms with Gasteiger partial charge in [-0.25, -0.2) is 18.9 Å². The summed E-state index contributed by atoms with van der Waals surface area (Å²) in [5.41, 5.74) is 1.51. The molecule has 1 aromatic carbocycles. The number of rotatable bonds is 3. The number of nitrogens with zero attached hydrogens (tertiary/aromatic N) is 3. The number of aromatic nitrogens is 3. The Morgan fingerprint density at radius 3 is 2.67 bits per heavy atom. The zero-order chi connectivity index (χ0) is 12.4. The molecule has 0 unspecified atom stereocenters. The number of hydrogen-bond donors (Lipinski definition) is 1. The van der Waals surface area contributed by atoms with E-state index < -0.39 is 0 Å². The van der Waals surface area contributed by atoms with Crippen LogP contribution in [0, 0.1) is 19.7 Å². The van der Waals surface area contributed by atoms with Crippen molar-refractivity contribution in [2.24, 2.45) is 0 Å². The Bertz CT molecular complexity index is 542. The Hall–Kier alpha value is -1.17. The van der Waals surface area contributed by atoms with Crippen LogP contribution in [0.15, 0.2) is 18.2 Å². The van der Waals surface area contributed by atoms with Crippen LogP contribution in [-0.4, -0.2) is 14.8 Å². The maximum atomic E-state index is 13.3. The number of benzene rings is 1. The van der Waals surface area contributed by atoms with Crippen LogP contribution < -0.4 is 4.84 Å². The second kappa shape index (κ2) is 6.13. The predicted octanol–water partition coefficient (Wildman–Crippen LogP) is 2.69. The van der Waals surface area contributed by atoms with Crippen molar-refractivity contribution >= 4 is 24.2 Å². The van der Waals surface area contributed by atoms with Gasteiger partial charge in [-0.1, -0.05) is 6.07 Å². The predicted molar refractivity (Wildman–Crippen MR) is 70.7 cm³/mol. The first-order valence-corrected chi connectivity index (χ1v) is 5.52. The molecule has 0 saturated carbocycles. The molecule has 0 amide bonds. The van der Waals surface area contributed by atoms with Crippen LogP contribution in [0.4, 0.5) is 4.39 Å². The molecule has 18 heavy (non-hydrogen) atoms. The molecule has 7 heteroatoms. The number of halogens is 3. The Morgan fingerprint density at radius 2 is 2.11 bits per heavy atom. The molecular weight excluding hydrogens is 278 g/mol. The third kappa shape index (κ3) is 2.98. The van der Waals surface area contributed by atoms with Gasteiger partial charge in [0.1, 0.15) is 17.5 Å². The fraction of sp³-hybridized carbons (Fsp3) is 0.273. The molecule has 2 aromatic rings. The molecule has 1 N–H and O–H groups in total. The second-order valence-corrected chi connectivity index (χ2v) is 3.97. The summed E-state index contributed by atoms with van der Waals surface area (Å²) in [7, 11) is 0. The summed E-state index contributed by atoms with van der Waals surface area (Å²) < 4.78 is 14.9. The highest BCUT2D eigenvalue weighted by molar-refractivity contribution is 6.13. The number of aryl methyl sites for hydroxylation is 2. The van der Waals surface area contributed by atoms with Crippen molar-refractivity contribution in [2.75, 3.05) is 0 Å². The van der Waals surface area contributed by atoms with Crippen LogP contribution in [0.2, 0.25) is 0 Å². The normalized spacial score (nSPS) is 10.2. The fourth-order valence-corrected chi connectivity index (χ4v) is 1.85. The van der Waals surface area contributed by atoms with Gasteiger partial charge in [-0.15, -0.1) is 12.4 Å². The molecule has 0 spiro atoms. The molecule has 0 aliphatic heterocycles. The molecule has 0 fully saturated rings. The minimum atomic E-state index is -0.314. The number of hydrogen-bond acceptors (Lipinski definition) is 3. The van der Waals surface area contributed by atoms with Crippen molar-refractivity contribution in [3.8, 4) is 5.69 Å². The van der Waals surface area contributed by atoms with Crippen molar-refractivity contribution in [3.05, 3.63) is 41.2 Å². The average molecular weight is 291 g/mol. The van der Waals surface area contributed by atoms with Crippen molar-refractivity contribution in [1.82, 2.24) is 19.6 Å². The average Bonchev–Trinajstić information content (AvgIpc) is 2.61. The van der Waals surface area contributed by atoms with Crippen LogP contribution >= 0.6 is 24.2 Å². The summed E-state index contributed by atoms with van der Waals surface area (Å²) in [5.74, 6) is 1.05. The Labute approximate surface area is 116 Å². The minimum absolute atomic E-state index is 0. The molecule has 1 heterocycles. The van der Waals surface area contributed by atoms with E-state index in [0.29, 0.717) is 23.9 Å². The van der Waals surface area contributed by atoms with E-state index in [-0.39, 0.29) is 18.2 Å². The van der Waals surface area contributed by atoms with Gasteiger partial charge < -0.3 is 0 Å². The monoisotopic (exact) mass is 290 g/mol. The molecule has 0 atom stereocenters. The van der Waals surface area contributed by atoms with E-state index >= 15 is 0 Å². The Kier molecular flexibility index (Phi) is 5.07. The van der Waals surface area contributed by atoms with Crippen LogP contribution in [0.25, 0.3) is 5.69 Å². The zero-order valence-electron chi connectivity index (χ0n) is 9.94. The SMILES string of the molecule is Cc1nc(C)n(-c2cc(F)ccc2CNCl)n1.Cl. The molecule has 0 saturated heterocycles. The molecule has 98 valence electrons. The first kappa shape index (κ1) is 14.9. The molecule has 0 aliphatic rings. The van der Waals surface area contributed by atoms with E-state index in [1.807, 2.05) is 6.92 Å². The fourth-order valence-electron chi connectivity index (χ4n) is 1.70. The summed E-state index contributed by atoms with van der Waals surface area (Å²) in [6.45, 7) is 4.04. The molecule has 4 nitrogen and oxygen atoms in total. The summed E-state index contributed by atoms with van der Waals surface area (Å²) in [6.07, 6.45) is 0. The zero-order valence-corrected chi connectivity index (χ0v) is 11.5. The van der Waals surface area contributed by atoms with Gasteiger partial charge in [-0.05, 0) is 43.3 Å². The van der Waals surface area contributed by atoms with Gasteiger partial charge in [0.2, 0.25) is 0 Å². The third-order valence-corrected chi connectivity index (χ3v) is 2.54. The summed E-state index contributed by atoms with van der Waals surface area (Å²) in [6, 6.07) is 4.49. The minimum Gasteiger partial charge on any atom is -0.229 e. The van der Waals surface area contributed by atoms with Crippen molar-refractivity contribution < 1.29 is 4.39 Å². The Morgan fingerprint density at radius 1 is 1.39 bits per heavy atom. The summed E-state index contributed by atoms with van der Waals surface area (Å²) >= 11 is 5.49. The van der Waals surface area contributed by atoms with E-state index in [1.165, 1.54) is 12.1 Å². The lowest BCUT2D eigenvalue weighted by atomic mass is 10.1. The van der Waals surface area contributed by atoms with Crippen LogP contribution in [-0.2, 0) is 6.54 Å². The lowest BCUT2D eigenvalue weighted by Crippen LogP contribution is -2.08. The highest BCUT2D eigenvalue weighted by Crippen LogP contribution is 2.17. The van der Waals surface area contributed by atoms with Gasteiger partial charge in [0.15, 0.2) is 0 Å². The lowest BCUT2D eigenvalue weighted by Gasteiger charge is -2.09. The molecule has 0 bridgehead atoms. The number of nitrogens with one attached hydrogen (secondary N) is 1.